The van der Waals surface area contributed by atoms with Crippen molar-refractivity contribution >= 4 is 6.03 Å². The molecule has 8 heteroatoms. The van der Waals surface area contributed by atoms with Crippen molar-refractivity contribution in [3.8, 4) is 0 Å². The van der Waals surface area contributed by atoms with Gasteiger partial charge in [0.05, 0.1) is 6.61 Å². The molecule has 0 radical (unpaired) electrons. The Morgan fingerprint density at radius 3 is 2.73 bits per heavy atom. The number of hydrogen-bond acceptors (Lipinski definition) is 6. The first-order valence-electron chi connectivity index (χ1n) is 7.73. The SMILES string of the molecule is CCc1noc(C(C)NC(=O)N2CCN(CCOC)CC2)n1. The quantitative estimate of drug-likeness (QED) is 0.831. The number of amides is 2. The van der Waals surface area contributed by atoms with Crippen LogP contribution >= 0.6 is 0 Å². The lowest BCUT2D eigenvalue weighted by molar-refractivity contribution is 0.105. The first-order chi connectivity index (χ1) is 10.6. The second kappa shape index (κ2) is 8.09. The molecular weight excluding hydrogens is 286 g/mol. The molecule has 0 saturated carbocycles. The molecule has 1 N–H and O–H groups in total. The third kappa shape index (κ3) is 4.41. The van der Waals surface area contributed by atoms with E-state index < -0.39 is 0 Å². The van der Waals surface area contributed by atoms with Gasteiger partial charge in [-0.15, -0.1) is 0 Å². The van der Waals surface area contributed by atoms with E-state index in [0.29, 0.717) is 31.2 Å². The average molecular weight is 311 g/mol. The van der Waals surface area contributed by atoms with Gasteiger partial charge in [-0.1, -0.05) is 12.1 Å². The smallest absolute Gasteiger partial charge is 0.318 e. The van der Waals surface area contributed by atoms with E-state index in [1.165, 1.54) is 0 Å². The highest BCUT2D eigenvalue weighted by atomic mass is 16.5. The van der Waals surface area contributed by atoms with Crippen LogP contribution in [-0.4, -0.2) is 72.4 Å². The first-order valence-corrected chi connectivity index (χ1v) is 7.73. The van der Waals surface area contributed by atoms with Crippen LogP contribution in [0.4, 0.5) is 4.79 Å². The Labute approximate surface area is 130 Å². The molecule has 1 atom stereocenters. The van der Waals surface area contributed by atoms with Crippen molar-refractivity contribution in [3.05, 3.63) is 11.7 Å². The minimum absolute atomic E-state index is 0.0878. The molecule has 2 heterocycles. The zero-order valence-corrected chi connectivity index (χ0v) is 13.5. The van der Waals surface area contributed by atoms with Crippen molar-refractivity contribution in [2.75, 3.05) is 46.4 Å². The topological polar surface area (TPSA) is 83.7 Å². The van der Waals surface area contributed by atoms with Crippen molar-refractivity contribution in [2.45, 2.75) is 26.3 Å². The largest absolute Gasteiger partial charge is 0.383 e. The summed E-state index contributed by atoms with van der Waals surface area (Å²) in [6.45, 7) is 8.60. The van der Waals surface area contributed by atoms with Crippen LogP contribution in [0.2, 0.25) is 0 Å². The van der Waals surface area contributed by atoms with Gasteiger partial charge in [0, 0.05) is 46.3 Å². The number of hydrogen-bond donors (Lipinski definition) is 1. The minimum Gasteiger partial charge on any atom is -0.383 e. The number of methoxy groups -OCH3 is 1. The van der Waals surface area contributed by atoms with Crippen molar-refractivity contribution in [3.63, 3.8) is 0 Å². The Morgan fingerprint density at radius 1 is 1.41 bits per heavy atom. The normalized spacial score (nSPS) is 17.5. The monoisotopic (exact) mass is 311 g/mol. The predicted molar refractivity (Wildman–Crippen MR) is 80.5 cm³/mol. The number of ether oxygens (including phenoxy) is 1. The van der Waals surface area contributed by atoms with Gasteiger partial charge in [0.25, 0.3) is 0 Å². The summed E-state index contributed by atoms with van der Waals surface area (Å²) in [4.78, 5) is 20.6. The van der Waals surface area contributed by atoms with Gasteiger partial charge in [0.15, 0.2) is 5.82 Å². The molecule has 0 bridgehead atoms. The van der Waals surface area contributed by atoms with Crippen molar-refractivity contribution in [1.82, 2.24) is 25.3 Å². The molecule has 22 heavy (non-hydrogen) atoms. The van der Waals surface area contributed by atoms with Gasteiger partial charge in [0.2, 0.25) is 5.89 Å². The zero-order chi connectivity index (χ0) is 15.9. The highest BCUT2D eigenvalue weighted by Gasteiger charge is 2.23. The van der Waals surface area contributed by atoms with E-state index in [2.05, 4.69) is 20.4 Å². The summed E-state index contributed by atoms with van der Waals surface area (Å²) < 4.78 is 10.2. The summed E-state index contributed by atoms with van der Waals surface area (Å²) in [6, 6.07) is -0.373. The molecule has 1 fully saturated rings. The standard InChI is InChI=1S/C14H25N5O3/c1-4-12-16-13(22-17-12)11(2)15-14(20)19-7-5-18(6-8-19)9-10-21-3/h11H,4-10H2,1-3H3,(H,15,20). The highest BCUT2D eigenvalue weighted by molar-refractivity contribution is 5.74. The molecule has 124 valence electrons. The van der Waals surface area contributed by atoms with E-state index in [4.69, 9.17) is 9.26 Å². The summed E-state index contributed by atoms with van der Waals surface area (Å²) in [6.07, 6.45) is 0.716. The second-order valence-corrected chi connectivity index (χ2v) is 5.40. The number of nitrogens with one attached hydrogen (secondary N) is 1. The number of aromatic nitrogens is 2. The van der Waals surface area contributed by atoms with Crippen molar-refractivity contribution < 1.29 is 14.1 Å². The van der Waals surface area contributed by atoms with Gasteiger partial charge in [0.1, 0.15) is 6.04 Å². The first kappa shape index (κ1) is 16.7. The average Bonchev–Trinajstić information content (AvgIpc) is 3.02. The van der Waals surface area contributed by atoms with E-state index in [1.54, 1.807) is 7.11 Å². The van der Waals surface area contributed by atoms with Crippen LogP contribution in [0.25, 0.3) is 0 Å². The maximum absolute atomic E-state index is 12.3. The fourth-order valence-corrected chi connectivity index (χ4v) is 2.32. The summed E-state index contributed by atoms with van der Waals surface area (Å²) >= 11 is 0. The summed E-state index contributed by atoms with van der Waals surface area (Å²) in [5.74, 6) is 1.10. The van der Waals surface area contributed by atoms with Gasteiger partial charge in [-0.05, 0) is 6.92 Å². The molecule has 2 amide bonds. The Bertz CT molecular complexity index is 471. The lowest BCUT2D eigenvalue weighted by atomic mass is 10.3. The molecule has 1 aromatic rings. The molecule has 0 spiro atoms. The number of carbonyl (C=O) groups excluding carboxylic acids is 1. The van der Waals surface area contributed by atoms with E-state index in [-0.39, 0.29) is 12.1 Å². The predicted octanol–water partition coefficient (Wildman–Crippen LogP) is 0.667. The van der Waals surface area contributed by atoms with Crippen LogP contribution in [0.15, 0.2) is 4.52 Å². The fourth-order valence-electron chi connectivity index (χ4n) is 2.32. The number of urea groups is 1. The van der Waals surface area contributed by atoms with Crippen LogP contribution in [0.3, 0.4) is 0 Å². The Morgan fingerprint density at radius 2 is 2.14 bits per heavy atom. The number of carbonyl (C=O) groups is 1. The molecule has 1 unspecified atom stereocenters. The molecule has 1 aliphatic rings. The summed E-state index contributed by atoms with van der Waals surface area (Å²) in [5, 5.41) is 6.75. The fraction of sp³-hybridized carbons (Fsp3) is 0.786. The van der Waals surface area contributed by atoms with E-state index in [0.717, 1.165) is 26.2 Å². The van der Waals surface area contributed by atoms with E-state index in [1.807, 2.05) is 18.7 Å². The van der Waals surface area contributed by atoms with Gasteiger partial charge in [-0.3, -0.25) is 4.90 Å². The van der Waals surface area contributed by atoms with Crippen LogP contribution in [0, 0.1) is 0 Å². The van der Waals surface area contributed by atoms with E-state index >= 15 is 0 Å². The Hall–Kier alpha value is -1.67. The number of aryl methyl sites for hydroxylation is 1. The zero-order valence-electron chi connectivity index (χ0n) is 13.5. The summed E-state index contributed by atoms with van der Waals surface area (Å²) in [5.41, 5.74) is 0. The third-order valence-corrected chi connectivity index (χ3v) is 3.78. The minimum atomic E-state index is -0.285. The molecule has 2 rings (SSSR count). The molecule has 0 aliphatic carbocycles. The maximum atomic E-state index is 12.3. The van der Waals surface area contributed by atoms with E-state index in [9.17, 15) is 4.79 Å². The molecular formula is C14H25N5O3. The number of piperazine rings is 1. The molecule has 8 nitrogen and oxygen atoms in total. The lowest BCUT2D eigenvalue weighted by Gasteiger charge is -2.34. The molecule has 1 aromatic heterocycles. The Kier molecular flexibility index (Phi) is 6.14. The van der Waals surface area contributed by atoms with Gasteiger partial charge in [-0.2, -0.15) is 4.98 Å². The van der Waals surface area contributed by atoms with Gasteiger partial charge < -0.3 is 19.5 Å². The third-order valence-electron chi connectivity index (χ3n) is 3.78. The lowest BCUT2D eigenvalue weighted by Crippen LogP contribution is -2.52. The van der Waals surface area contributed by atoms with Crippen LogP contribution in [0.5, 0.6) is 0 Å². The molecule has 1 aliphatic heterocycles. The summed E-state index contributed by atoms with van der Waals surface area (Å²) in [7, 11) is 1.70. The Balaban J connectivity index is 1.78. The highest BCUT2D eigenvalue weighted by Crippen LogP contribution is 2.11. The molecule has 1 saturated heterocycles. The van der Waals surface area contributed by atoms with Crippen LogP contribution in [-0.2, 0) is 11.2 Å². The number of rotatable bonds is 6. The second-order valence-electron chi connectivity index (χ2n) is 5.40. The van der Waals surface area contributed by atoms with Gasteiger partial charge >= 0.3 is 6.03 Å². The van der Waals surface area contributed by atoms with Gasteiger partial charge in [-0.25, -0.2) is 4.79 Å². The van der Waals surface area contributed by atoms with Crippen molar-refractivity contribution in [1.29, 1.82) is 0 Å². The van der Waals surface area contributed by atoms with Crippen LogP contribution in [0.1, 0.15) is 31.6 Å². The van der Waals surface area contributed by atoms with Crippen molar-refractivity contribution in [2.24, 2.45) is 0 Å². The number of nitrogens with zero attached hydrogens (tertiary/aromatic N) is 4. The van der Waals surface area contributed by atoms with Crippen LogP contribution < -0.4 is 5.32 Å². The maximum Gasteiger partial charge on any atom is 0.318 e. The molecule has 0 aromatic carbocycles.